The van der Waals surface area contributed by atoms with Crippen molar-refractivity contribution >= 4 is 35.2 Å². The van der Waals surface area contributed by atoms with Gasteiger partial charge in [0.2, 0.25) is 0 Å². The number of benzene rings is 1. The molecule has 4 aliphatic rings. The number of allylic oxidation sites excluding steroid dienone is 2. The number of hydrogen-bond donors (Lipinski definition) is 1. The molecule has 2 aromatic rings. The van der Waals surface area contributed by atoms with E-state index < -0.39 is 0 Å². The Kier molecular flexibility index (Phi) is 7.41. The average molecular weight is 546 g/mol. The van der Waals surface area contributed by atoms with Gasteiger partial charge < -0.3 is 24.8 Å². The molecule has 0 saturated carbocycles. The number of carbonyl (C=O) groups excluding carboxylic acids is 2. The van der Waals surface area contributed by atoms with Crippen molar-refractivity contribution in [1.29, 1.82) is 0 Å². The summed E-state index contributed by atoms with van der Waals surface area (Å²) in [6.45, 7) is 3.76. The Morgan fingerprint density at radius 3 is 2.79 bits per heavy atom. The van der Waals surface area contributed by atoms with Gasteiger partial charge in [0.15, 0.2) is 0 Å². The first-order valence-corrected chi connectivity index (χ1v) is 14.8. The van der Waals surface area contributed by atoms with Crippen molar-refractivity contribution in [2.45, 2.75) is 51.1 Å². The normalized spacial score (nSPS) is 22.8. The van der Waals surface area contributed by atoms with Crippen LogP contribution in [0.2, 0.25) is 0 Å². The van der Waals surface area contributed by atoms with Crippen LogP contribution in [0.25, 0.3) is 0 Å². The fourth-order valence-electron chi connectivity index (χ4n) is 5.97. The van der Waals surface area contributed by atoms with Crippen molar-refractivity contribution in [1.82, 2.24) is 14.7 Å². The van der Waals surface area contributed by atoms with E-state index in [0.717, 1.165) is 80.9 Å². The van der Waals surface area contributed by atoms with Crippen LogP contribution in [0.15, 0.2) is 58.2 Å². The number of hydrogen-bond acceptors (Lipinski definition) is 6. The molecule has 0 atom stereocenters. The van der Waals surface area contributed by atoms with Crippen molar-refractivity contribution < 1.29 is 14.3 Å². The number of fused-ring (bicyclic) bond motifs is 2. The summed E-state index contributed by atoms with van der Waals surface area (Å²) in [5.74, 6) is 0.812. The van der Waals surface area contributed by atoms with E-state index in [-0.39, 0.29) is 18.0 Å². The number of nitrogens with zero attached hydrogens (tertiary/aromatic N) is 4. The molecule has 1 aromatic heterocycles. The SMILES string of the molecule is COc1ccc2c(c1)CCN(C1CCN(C3=C/CCC=N/C(C(=O)N4CCc5sccc5C4)=C\3)CC1)C(=O)N2. The lowest BCUT2D eigenvalue weighted by molar-refractivity contribution is -0.128. The maximum Gasteiger partial charge on any atom is 0.322 e. The second-order valence-corrected chi connectivity index (χ2v) is 11.5. The number of anilines is 1. The predicted molar refractivity (Wildman–Crippen MR) is 154 cm³/mol. The first-order valence-electron chi connectivity index (χ1n) is 13.9. The number of ether oxygens (including phenoxy) is 1. The van der Waals surface area contributed by atoms with E-state index in [1.165, 1.54) is 10.4 Å². The highest BCUT2D eigenvalue weighted by atomic mass is 32.1. The van der Waals surface area contributed by atoms with Gasteiger partial charge in [-0.1, -0.05) is 6.08 Å². The summed E-state index contributed by atoms with van der Waals surface area (Å²) in [6.07, 6.45) is 11.3. The number of nitrogens with one attached hydrogen (secondary N) is 1. The molecule has 0 aliphatic carbocycles. The summed E-state index contributed by atoms with van der Waals surface area (Å²) in [5.41, 5.74) is 4.82. The molecule has 4 aliphatic heterocycles. The number of rotatable bonds is 4. The lowest BCUT2D eigenvalue weighted by Gasteiger charge is -2.39. The lowest BCUT2D eigenvalue weighted by atomic mass is 10.0. The van der Waals surface area contributed by atoms with Crippen LogP contribution in [0, 0.1) is 0 Å². The Labute approximate surface area is 233 Å². The van der Waals surface area contributed by atoms with Crippen LogP contribution in [-0.4, -0.2) is 72.2 Å². The zero-order valence-corrected chi connectivity index (χ0v) is 23.2. The number of amides is 3. The minimum Gasteiger partial charge on any atom is -0.497 e. The number of methoxy groups -OCH3 is 1. The van der Waals surface area contributed by atoms with E-state index in [1.54, 1.807) is 18.4 Å². The fourth-order valence-corrected chi connectivity index (χ4v) is 6.86. The maximum absolute atomic E-state index is 13.5. The van der Waals surface area contributed by atoms with Crippen LogP contribution in [0.4, 0.5) is 10.5 Å². The molecule has 0 bridgehead atoms. The van der Waals surface area contributed by atoms with Gasteiger partial charge in [-0.15, -0.1) is 11.3 Å². The van der Waals surface area contributed by atoms with Crippen molar-refractivity contribution in [3.8, 4) is 5.75 Å². The highest BCUT2D eigenvalue weighted by Crippen LogP contribution is 2.30. The molecule has 3 amide bonds. The Morgan fingerprint density at radius 1 is 1.08 bits per heavy atom. The van der Waals surface area contributed by atoms with Gasteiger partial charge in [0.05, 0.1) is 7.11 Å². The summed E-state index contributed by atoms with van der Waals surface area (Å²) in [7, 11) is 1.66. The van der Waals surface area contributed by atoms with Crippen LogP contribution in [-0.2, 0) is 24.2 Å². The van der Waals surface area contributed by atoms with Gasteiger partial charge in [0.1, 0.15) is 11.4 Å². The van der Waals surface area contributed by atoms with Crippen LogP contribution in [0.3, 0.4) is 0 Å². The molecule has 1 aromatic carbocycles. The van der Waals surface area contributed by atoms with Gasteiger partial charge in [-0.3, -0.25) is 9.79 Å². The van der Waals surface area contributed by atoms with Crippen LogP contribution in [0.5, 0.6) is 5.75 Å². The fraction of sp³-hybridized carbons (Fsp3) is 0.433. The molecular formula is C30H35N5O3S. The third-order valence-electron chi connectivity index (χ3n) is 8.19. The number of thiophene rings is 1. The molecular weight excluding hydrogens is 510 g/mol. The van der Waals surface area contributed by atoms with E-state index >= 15 is 0 Å². The topological polar surface area (TPSA) is 77.5 Å². The van der Waals surface area contributed by atoms with Gasteiger partial charge in [0.25, 0.3) is 5.91 Å². The molecule has 9 heteroatoms. The number of carbonyl (C=O) groups is 2. The summed E-state index contributed by atoms with van der Waals surface area (Å²) in [6, 6.07) is 8.11. The Bertz CT molecular complexity index is 1340. The van der Waals surface area contributed by atoms with Gasteiger partial charge in [-0.2, -0.15) is 0 Å². The number of aliphatic imine (C=N–C) groups is 1. The molecule has 204 valence electrons. The van der Waals surface area contributed by atoms with Crippen LogP contribution < -0.4 is 10.1 Å². The molecule has 1 N–H and O–H groups in total. The minimum absolute atomic E-state index is 0.00298. The van der Waals surface area contributed by atoms with E-state index in [4.69, 9.17) is 4.74 Å². The third-order valence-corrected chi connectivity index (χ3v) is 9.21. The minimum atomic E-state index is -0.0278. The predicted octanol–water partition coefficient (Wildman–Crippen LogP) is 4.83. The van der Waals surface area contributed by atoms with Crippen LogP contribution >= 0.6 is 11.3 Å². The smallest absolute Gasteiger partial charge is 0.322 e. The molecule has 5 heterocycles. The molecule has 8 nitrogen and oxygen atoms in total. The van der Waals surface area contributed by atoms with E-state index in [1.807, 2.05) is 40.3 Å². The molecule has 6 rings (SSSR count). The lowest BCUT2D eigenvalue weighted by Crippen LogP contribution is -2.48. The molecule has 0 spiro atoms. The highest BCUT2D eigenvalue weighted by molar-refractivity contribution is 7.10. The monoisotopic (exact) mass is 545 g/mol. The average Bonchev–Trinajstić information content (AvgIpc) is 3.35. The van der Waals surface area contributed by atoms with Crippen molar-refractivity contribution in [3.63, 3.8) is 0 Å². The molecule has 0 radical (unpaired) electrons. The Hall–Kier alpha value is -3.59. The van der Waals surface area contributed by atoms with Crippen molar-refractivity contribution in [2.24, 2.45) is 4.99 Å². The number of likely N-dealkylation sites (tertiary alicyclic amines) is 1. The third kappa shape index (κ3) is 5.45. The van der Waals surface area contributed by atoms with E-state index in [2.05, 4.69) is 32.7 Å². The zero-order chi connectivity index (χ0) is 26.8. The highest BCUT2D eigenvalue weighted by Gasteiger charge is 2.31. The van der Waals surface area contributed by atoms with Gasteiger partial charge >= 0.3 is 6.03 Å². The first-order chi connectivity index (χ1) is 19.1. The van der Waals surface area contributed by atoms with E-state index in [0.29, 0.717) is 18.8 Å². The quantitative estimate of drug-likeness (QED) is 0.597. The standard InChI is InChI=1S/C30H35N5O3S/c1-38-25-5-6-26-21(18-25)7-16-35(30(37)32-26)23-8-13-33(14-9-23)24-4-2-3-12-31-27(19-24)29(36)34-15-10-28-22(20-34)11-17-39-28/h4-6,11-12,17-19,23H,2-3,7-10,13-16,20H2,1H3,(H,32,37)/b24-4+,27-19-,31-12?. The van der Waals surface area contributed by atoms with Gasteiger partial charge in [-0.25, -0.2) is 4.79 Å². The maximum atomic E-state index is 13.5. The summed E-state index contributed by atoms with van der Waals surface area (Å²) >= 11 is 1.78. The van der Waals surface area contributed by atoms with E-state index in [9.17, 15) is 9.59 Å². The molecule has 1 fully saturated rings. The first kappa shape index (κ1) is 25.7. The summed E-state index contributed by atoms with van der Waals surface area (Å²) in [4.78, 5) is 38.9. The largest absolute Gasteiger partial charge is 0.497 e. The molecule has 0 unspecified atom stereocenters. The summed E-state index contributed by atoms with van der Waals surface area (Å²) in [5, 5.41) is 5.22. The van der Waals surface area contributed by atoms with Crippen molar-refractivity contribution in [3.05, 3.63) is 69.2 Å². The number of urea groups is 1. The zero-order valence-electron chi connectivity index (χ0n) is 22.4. The Balaban J connectivity index is 1.11. The second-order valence-electron chi connectivity index (χ2n) is 10.5. The second kappa shape index (κ2) is 11.3. The van der Waals surface area contributed by atoms with Crippen molar-refractivity contribution in [2.75, 3.05) is 38.6 Å². The molecule has 39 heavy (non-hydrogen) atoms. The summed E-state index contributed by atoms with van der Waals surface area (Å²) < 4.78 is 5.37. The Morgan fingerprint density at radius 2 is 1.95 bits per heavy atom. The molecule has 1 saturated heterocycles. The van der Waals surface area contributed by atoms with Gasteiger partial charge in [-0.05, 0) is 85.4 Å². The number of piperidine rings is 1. The van der Waals surface area contributed by atoms with Gasteiger partial charge in [0, 0.05) is 61.2 Å². The van der Waals surface area contributed by atoms with Crippen LogP contribution in [0.1, 0.15) is 41.7 Å².